The van der Waals surface area contributed by atoms with E-state index in [0.29, 0.717) is 12.2 Å². The minimum absolute atomic E-state index is 0.0190. The highest BCUT2D eigenvalue weighted by molar-refractivity contribution is 9.10. The van der Waals surface area contributed by atoms with Crippen LogP contribution in [0.5, 0.6) is 0 Å². The van der Waals surface area contributed by atoms with Crippen LogP contribution in [0.25, 0.3) is 0 Å². The Morgan fingerprint density at radius 1 is 1.00 bits per heavy atom. The zero-order chi connectivity index (χ0) is 24.2. The highest BCUT2D eigenvalue weighted by atomic mass is 79.9. The molecule has 2 N–H and O–H groups in total. The van der Waals surface area contributed by atoms with Crippen LogP contribution in [0, 0.1) is 0 Å². The molecule has 0 unspecified atom stereocenters. The number of nitrogens with one attached hydrogen (secondary N) is 2. The third-order valence-electron chi connectivity index (χ3n) is 5.37. The Morgan fingerprint density at radius 3 is 2.41 bits per heavy atom. The predicted octanol–water partition coefficient (Wildman–Crippen LogP) is 1.84. The molecule has 2 aromatic carbocycles. The van der Waals surface area contributed by atoms with Crippen molar-refractivity contribution in [3.8, 4) is 0 Å². The first-order chi connectivity index (χ1) is 16.3. The van der Waals surface area contributed by atoms with Gasteiger partial charge in [0.25, 0.3) is 23.6 Å². The van der Waals surface area contributed by atoms with Gasteiger partial charge in [0.05, 0.1) is 29.3 Å². The van der Waals surface area contributed by atoms with E-state index < -0.39 is 36.2 Å². The van der Waals surface area contributed by atoms with E-state index >= 15 is 0 Å². The highest BCUT2D eigenvalue weighted by Crippen LogP contribution is 2.26. The maximum atomic E-state index is 12.7. The maximum absolute atomic E-state index is 12.7. The van der Waals surface area contributed by atoms with E-state index in [1.807, 2.05) is 0 Å². The second-order valence-corrected chi connectivity index (χ2v) is 8.62. The fraction of sp³-hybridized carbons (Fsp3) is 0.261. The number of esters is 1. The van der Waals surface area contributed by atoms with Gasteiger partial charge in [-0.3, -0.25) is 34.9 Å². The number of hydrogen-bond acceptors (Lipinski definition) is 7. The van der Waals surface area contributed by atoms with E-state index in [1.165, 1.54) is 18.2 Å². The summed E-state index contributed by atoms with van der Waals surface area (Å²) in [6, 6.07) is 10.5. The molecule has 34 heavy (non-hydrogen) atoms. The molecule has 2 aliphatic heterocycles. The van der Waals surface area contributed by atoms with Crippen molar-refractivity contribution in [2.24, 2.45) is 0 Å². The van der Waals surface area contributed by atoms with Crippen LogP contribution < -0.4 is 10.9 Å². The van der Waals surface area contributed by atoms with Crippen LogP contribution in [0.2, 0.25) is 0 Å². The largest absolute Gasteiger partial charge is 0.452 e. The average molecular weight is 530 g/mol. The van der Waals surface area contributed by atoms with Crippen molar-refractivity contribution >= 4 is 45.5 Å². The van der Waals surface area contributed by atoms with Gasteiger partial charge in [-0.2, -0.15) is 0 Å². The second-order valence-electron chi connectivity index (χ2n) is 7.70. The van der Waals surface area contributed by atoms with Gasteiger partial charge in [0, 0.05) is 16.6 Å². The average Bonchev–Trinajstić information content (AvgIpc) is 3.44. The van der Waals surface area contributed by atoms with Gasteiger partial charge in [-0.25, -0.2) is 4.79 Å². The summed E-state index contributed by atoms with van der Waals surface area (Å²) >= 11 is 3.26. The predicted molar refractivity (Wildman–Crippen MR) is 121 cm³/mol. The summed E-state index contributed by atoms with van der Waals surface area (Å²) in [5, 5.41) is 0. The zero-order valence-electron chi connectivity index (χ0n) is 17.8. The van der Waals surface area contributed by atoms with Crippen LogP contribution in [0.1, 0.15) is 54.3 Å². The van der Waals surface area contributed by atoms with Gasteiger partial charge in [0.2, 0.25) is 0 Å². The first kappa shape index (κ1) is 23.6. The fourth-order valence-electron chi connectivity index (χ4n) is 3.63. The Balaban J connectivity index is 1.30. The molecule has 0 radical (unpaired) electrons. The molecule has 4 rings (SSSR count). The number of halogens is 1. The summed E-state index contributed by atoms with van der Waals surface area (Å²) in [5.41, 5.74) is 5.02. The molecule has 176 valence electrons. The van der Waals surface area contributed by atoms with Crippen LogP contribution in [-0.4, -0.2) is 60.4 Å². The van der Waals surface area contributed by atoms with Crippen molar-refractivity contribution in [2.75, 3.05) is 19.8 Å². The van der Waals surface area contributed by atoms with E-state index in [9.17, 15) is 24.0 Å². The molecule has 4 amide bonds. The Hall–Kier alpha value is -3.57. The Morgan fingerprint density at radius 2 is 1.71 bits per heavy atom. The molecule has 1 saturated heterocycles. The van der Waals surface area contributed by atoms with Crippen molar-refractivity contribution < 1.29 is 33.4 Å². The lowest BCUT2D eigenvalue weighted by Crippen LogP contribution is -2.43. The van der Waals surface area contributed by atoms with Gasteiger partial charge in [0.15, 0.2) is 6.61 Å². The standard InChI is InChI=1S/C23H20BrN3O7/c24-15-6-3-13(4-7-15)20(29)26-25-19(28)12-34-23(32)14-5-8-17-18(10-14)22(31)27(21(17)30)11-16-2-1-9-33-16/h3-8,10,16H,1-2,9,11-12H2,(H,25,28)(H,26,29)/t16-/m0/s1. The first-order valence-electron chi connectivity index (χ1n) is 10.5. The van der Waals surface area contributed by atoms with Gasteiger partial charge in [-0.1, -0.05) is 15.9 Å². The SMILES string of the molecule is O=C(COC(=O)c1ccc2c(c1)C(=O)N(C[C@@H]1CCCO1)C2=O)NNC(=O)c1ccc(Br)cc1. The molecule has 10 nitrogen and oxygen atoms in total. The summed E-state index contributed by atoms with van der Waals surface area (Å²) in [6.07, 6.45) is 1.47. The second kappa shape index (κ2) is 10.1. The number of ether oxygens (including phenoxy) is 2. The molecule has 2 heterocycles. The molecule has 11 heteroatoms. The van der Waals surface area contributed by atoms with Crippen molar-refractivity contribution in [3.05, 3.63) is 69.2 Å². The van der Waals surface area contributed by atoms with E-state index in [0.717, 1.165) is 22.2 Å². The number of hydrazine groups is 1. The third-order valence-corrected chi connectivity index (χ3v) is 5.90. The number of carbonyl (C=O) groups excluding carboxylic acids is 5. The quantitative estimate of drug-likeness (QED) is 0.331. The number of carbonyl (C=O) groups is 5. The molecular formula is C23H20BrN3O7. The van der Waals surface area contributed by atoms with Crippen LogP contribution >= 0.6 is 15.9 Å². The number of nitrogens with zero attached hydrogens (tertiary/aromatic N) is 1. The highest BCUT2D eigenvalue weighted by Gasteiger charge is 2.38. The molecule has 2 aliphatic rings. The monoisotopic (exact) mass is 529 g/mol. The summed E-state index contributed by atoms with van der Waals surface area (Å²) in [7, 11) is 0. The molecule has 0 saturated carbocycles. The lowest BCUT2D eigenvalue weighted by Gasteiger charge is -2.17. The van der Waals surface area contributed by atoms with Gasteiger partial charge < -0.3 is 9.47 Å². The third kappa shape index (κ3) is 5.15. The first-order valence-corrected chi connectivity index (χ1v) is 11.3. The van der Waals surface area contributed by atoms with Crippen LogP contribution in [-0.2, 0) is 14.3 Å². The van der Waals surface area contributed by atoms with Crippen LogP contribution in [0.4, 0.5) is 0 Å². The number of imide groups is 1. The van der Waals surface area contributed by atoms with Crippen LogP contribution in [0.15, 0.2) is 46.9 Å². The lowest BCUT2D eigenvalue weighted by atomic mass is 10.1. The molecule has 2 aromatic rings. The maximum Gasteiger partial charge on any atom is 0.338 e. The van der Waals surface area contributed by atoms with E-state index in [2.05, 4.69) is 26.8 Å². The topological polar surface area (TPSA) is 131 Å². The minimum atomic E-state index is -0.852. The normalized spacial score (nSPS) is 16.9. The van der Waals surface area contributed by atoms with Crippen molar-refractivity contribution in [3.63, 3.8) is 0 Å². The molecule has 1 atom stereocenters. The summed E-state index contributed by atoms with van der Waals surface area (Å²) in [5.74, 6) is -3.08. The van der Waals surface area contributed by atoms with E-state index in [4.69, 9.17) is 9.47 Å². The van der Waals surface area contributed by atoms with Crippen LogP contribution in [0.3, 0.4) is 0 Å². The number of amides is 4. The summed E-state index contributed by atoms with van der Waals surface area (Å²) in [6.45, 7) is 0.109. The van der Waals surface area contributed by atoms with E-state index in [1.54, 1.807) is 24.3 Å². The summed E-state index contributed by atoms with van der Waals surface area (Å²) in [4.78, 5) is 62.7. The van der Waals surface area contributed by atoms with Crippen molar-refractivity contribution in [1.29, 1.82) is 0 Å². The van der Waals surface area contributed by atoms with Crippen molar-refractivity contribution in [1.82, 2.24) is 15.8 Å². The Bertz CT molecular complexity index is 1160. The zero-order valence-corrected chi connectivity index (χ0v) is 19.4. The van der Waals surface area contributed by atoms with Gasteiger partial charge >= 0.3 is 5.97 Å². The molecule has 0 bridgehead atoms. The molecule has 0 spiro atoms. The molecule has 0 aliphatic carbocycles. The Kier molecular flexibility index (Phi) is 7.03. The van der Waals surface area contributed by atoms with Gasteiger partial charge in [-0.05, 0) is 55.3 Å². The van der Waals surface area contributed by atoms with E-state index in [-0.39, 0.29) is 29.3 Å². The van der Waals surface area contributed by atoms with Gasteiger partial charge in [-0.15, -0.1) is 0 Å². The molecule has 0 aromatic heterocycles. The number of benzene rings is 2. The number of rotatable bonds is 6. The van der Waals surface area contributed by atoms with Crippen molar-refractivity contribution in [2.45, 2.75) is 18.9 Å². The minimum Gasteiger partial charge on any atom is -0.452 e. The molecular weight excluding hydrogens is 510 g/mol. The smallest absolute Gasteiger partial charge is 0.338 e. The lowest BCUT2D eigenvalue weighted by molar-refractivity contribution is -0.125. The summed E-state index contributed by atoms with van der Waals surface area (Å²) < 4.78 is 11.3. The number of fused-ring (bicyclic) bond motifs is 1. The fourth-order valence-corrected chi connectivity index (χ4v) is 3.89. The Labute approximate surface area is 202 Å². The molecule has 1 fully saturated rings. The van der Waals surface area contributed by atoms with Gasteiger partial charge in [0.1, 0.15) is 0 Å². The number of hydrogen-bond donors (Lipinski definition) is 2.